The largest absolute Gasteiger partial charge is 0.376 e. The second kappa shape index (κ2) is 4.67. The van der Waals surface area contributed by atoms with Crippen molar-refractivity contribution in [1.29, 1.82) is 0 Å². The van der Waals surface area contributed by atoms with Crippen LogP contribution in [0.5, 0.6) is 0 Å². The first-order valence-electron chi connectivity index (χ1n) is 6.23. The molecule has 94 valence electrons. The summed E-state index contributed by atoms with van der Waals surface area (Å²) in [6.45, 7) is 5.68. The summed E-state index contributed by atoms with van der Waals surface area (Å²) in [5.74, 6) is 0. The van der Waals surface area contributed by atoms with Crippen LogP contribution in [0.1, 0.15) is 18.9 Å². The van der Waals surface area contributed by atoms with E-state index in [4.69, 9.17) is 10.5 Å². The molecular formula is C14H22N2O. The molecule has 1 aliphatic heterocycles. The van der Waals surface area contributed by atoms with Crippen LogP contribution in [-0.2, 0) is 4.74 Å². The number of para-hydroxylation sites is 1. The van der Waals surface area contributed by atoms with Crippen molar-refractivity contribution in [2.45, 2.75) is 31.9 Å². The summed E-state index contributed by atoms with van der Waals surface area (Å²) in [6, 6.07) is 8.42. The highest BCUT2D eigenvalue weighted by atomic mass is 16.5. The highest BCUT2D eigenvalue weighted by molar-refractivity contribution is 5.55. The summed E-state index contributed by atoms with van der Waals surface area (Å²) in [6.07, 6.45) is 1.17. The molecule has 3 nitrogen and oxygen atoms in total. The van der Waals surface area contributed by atoms with Crippen molar-refractivity contribution in [2.75, 3.05) is 25.1 Å². The van der Waals surface area contributed by atoms with Crippen molar-refractivity contribution < 1.29 is 4.74 Å². The first-order valence-corrected chi connectivity index (χ1v) is 6.23. The molecule has 2 atom stereocenters. The minimum atomic E-state index is -0.0634. The molecule has 2 rings (SSSR count). The van der Waals surface area contributed by atoms with E-state index in [1.165, 1.54) is 11.3 Å². The van der Waals surface area contributed by atoms with Gasteiger partial charge in [0.05, 0.1) is 11.6 Å². The van der Waals surface area contributed by atoms with Gasteiger partial charge in [-0.1, -0.05) is 18.2 Å². The molecule has 1 saturated heterocycles. The Morgan fingerprint density at radius 2 is 2.18 bits per heavy atom. The third-order valence-corrected chi connectivity index (χ3v) is 4.16. The van der Waals surface area contributed by atoms with Gasteiger partial charge >= 0.3 is 0 Å². The number of anilines is 1. The van der Waals surface area contributed by atoms with Crippen LogP contribution in [0.2, 0.25) is 0 Å². The Morgan fingerprint density at radius 3 is 2.71 bits per heavy atom. The van der Waals surface area contributed by atoms with Crippen molar-refractivity contribution in [2.24, 2.45) is 5.73 Å². The minimum absolute atomic E-state index is 0.0634. The van der Waals surface area contributed by atoms with E-state index in [1.54, 1.807) is 0 Å². The summed E-state index contributed by atoms with van der Waals surface area (Å²) in [7, 11) is 2.13. The van der Waals surface area contributed by atoms with E-state index in [0.29, 0.717) is 6.54 Å². The van der Waals surface area contributed by atoms with Crippen LogP contribution in [0, 0.1) is 6.92 Å². The molecule has 0 saturated carbocycles. The number of likely N-dealkylation sites (N-methyl/N-ethyl adjacent to an activating group) is 1. The number of nitrogens with two attached hydrogens (primary N) is 1. The topological polar surface area (TPSA) is 38.5 Å². The Morgan fingerprint density at radius 1 is 1.47 bits per heavy atom. The Hall–Kier alpha value is -1.06. The van der Waals surface area contributed by atoms with E-state index in [1.807, 2.05) is 0 Å². The van der Waals surface area contributed by atoms with Crippen LogP contribution in [0.4, 0.5) is 5.69 Å². The van der Waals surface area contributed by atoms with Crippen molar-refractivity contribution in [3.05, 3.63) is 29.8 Å². The van der Waals surface area contributed by atoms with Gasteiger partial charge in [-0.3, -0.25) is 0 Å². The molecule has 1 aromatic carbocycles. The fourth-order valence-corrected chi connectivity index (χ4v) is 2.80. The SMILES string of the molecule is Cc1ccccc1N(C)C1(CN)CCOC1C. The molecule has 3 heteroatoms. The summed E-state index contributed by atoms with van der Waals surface area (Å²) in [4.78, 5) is 2.31. The van der Waals surface area contributed by atoms with E-state index in [0.717, 1.165) is 13.0 Å². The smallest absolute Gasteiger partial charge is 0.0800 e. The summed E-state index contributed by atoms with van der Waals surface area (Å²) in [5, 5.41) is 0. The number of nitrogens with zero attached hydrogens (tertiary/aromatic N) is 1. The number of benzene rings is 1. The van der Waals surface area contributed by atoms with E-state index >= 15 is 0 Å². The summed E-state index contributed by atoms with van der Waals surface area (Å²) >= 11 is 0. The number of aryl methyl sites for hydroxylation is 1. The van der Waals surface area contributed by atoms with Crippen LogP contribution in [0.15, 0.2) is 24.3 Å². The van der Waals surface area contributed by atoms with Crippen molar-refractivity contribution in [1.82, 2.24) is 0 Å². The number of hydrogen-bond donors (Lipinski definition) is 1. The van der Waals surface area contributed by atoms with Gasteiger partial charge in [-0.25, -0.2) is 0 Å². The van der Waals surface area contributed by atoms with Crippen LogP contribution in [0.3, 0.4) is 0 Å². The third kappa shape index (κ3) is 1.94. The van der Waals surface area contributed by atoms with Crippen LogP contribution < -0.4 is 10.6 Å². The highest BCUT2D eigenvalue weighted by Crippen LogP contribution is 2.35. The third-order valence-electron chi connectivity index (χ3n) is 4.16. The van der Waals surface area contributed by atoms with Crippen molar-refractivity contribution >= 4 is 5.69 Å². The van der Waals surface area contributed by atoms with Crippen molar-refractivity contribution in [3.63, 3.8) is 0 Å². The van der Waals surface area contributed by atoms with Crippen LogP contribution >= 0.6 is 0 Å². The van der Waals surface area contributed by atoms with Gasteiger partial charge in [0.2, 0.25) is 0 Å². The molecule has 1 fully saturated rings. The standard InChI is InChI=1S/C14H22N2O/c1-11-6-4-5-7-13(11)16(3)14(10-15)8-9-17-12(14)2/h4-7,12H,8-10,15H2,1-3H3. The van der Waals surface area contributed by atoms with Gasteiger partial charge in [0.15, 0.2) is 0 Å². The van der Waals surface area contributed by atoms with E-state index in [2.05, 4.69) is 50.1 Å². The quantitative estimate of drug-likeness (QED) is 0.868. The van der Waals surface area contributed by atoms with Gasteiger partial charge in [-0.2, -0.15) is 0 Å². The Kier molecular flexibility index (Phi) is 3.40. The molecule has 1 aromatic rings. The molecule has 0 aromatic heterocycles. The molecule has 1 aliphatic rings. The minimum Gasteiger partial charge on any atom is -0.376 e. The number of hydrogen-bond acceptors (Lipinski definition) is 3. The zero-order valence-electron chi connectivity index (χ0n) is 10.9. The van der Waals surface area contributed by atoms with Crippen molar-refractivity contribution in [3.8, 4) is 0 Å². The van der Waals surface area contributed by atoms with Gasteiger partial charge in [-0.05, 0) is 31.9 Å². The summed E-state index contributed by atoms with van der Waals surface area (Å²) < 4.78 is 5.72. The molecule has 0 radical (unpaired) electrons. The van der Waals surface area contributed by atoms with Gasteiger partial charge in [-0.15, -0.1) is 0 Å². The lowest BCUT2D eigenvalue weighted by Crippen LogP contribution is -2.57. The molecular weight excluding hydrogens is 212 g/mol. The lowest BCUT2D eigenvalue weighted by molar-refractivity contribution is 0.0961. The molecule has 1 heterocycles. The fraction of sp³-hybridized carbons (Fsp3) is 0.571. The Balaban J connectivity index is 2.36. The van der Waals surface area contributed by atoms with Gasteiger partial charge in [0.25, 0.3) is 0 Å². The Labute approximate surface area is 104 Å². The van der Waals surface area contributed by atoms with E-state index in [-0.39, 0.29) is 11.6 Å². The van der Waals surface area contributed by atoms with Crippen LogP contribution in [0.25, 0.3) is 0 Å². The second-order valence-electron chi connectivity index (χ2n) is 4.92. The maximum Gasteiger partial charge on any atom is 0.0800 e. The first kappa shape index (κ1) is 12.4. The molecule has 2 N–H and O–H groups in total. The molecule has 0 aliphatic carbocycles. The highest BCUT2D eigenvalue weighted by Gasteiger charge is 2.44. The summed E-state index contributed by atoms with van der Waals surface area (Å²) in [5.41, 5.74) is 8.49. The normalized spacial score (nSPS) is 28.4. The second-order valence-corrected chi connectivity index (χ2v) is 4.92. The first-order chi connectivity index (χ1) is 8.12. The van der Waals surface area contributed by atoms with Gasteiger partial charge in [0, 0.05) is 25.9 Å². The molecule has 0 bridgehead atoms. The maximum absolute atomic E-state index is 6.03. The monoisotopic (exact) mass is 234 g/mol. The van der Waals surface area contributed by atoms with Gasteiger partial charge < -0.3 is 15.4 Å². The van der Waals surface area contributed by atoms with E-state index in [9.17, 15) is 0 Å². The zero-order valence-corrected chi connectivity index (χ0v) is 10.9. The lowest BCUT2D eigenvalue weighted by Gasteiger charge is -2.42. The average Bonchev–Trinajstić information content (AvgIpc) is 2.71. The molecule has 17 heavy (non-hydrogen) atoms. The molecule has 2 unspecified atom stereocenters. The number of ether oxygens (including phenoxy) is 1. The predicted molar refractivity (Wildman–Crippen MR) is 71.4 cm³/mol. The van der Waals surface area contributed by atoms with E-state index < -0.39 is 0 Å². The molecule has 0 amide bonds. The van der Waals surface area contributed by atoms with Gasteiger partial charge in [0.1, 0.15) is 0 Å². The zero-order chi connectivity index (χ0) is 12.5. The average molecular weight is 234 g/mol. The maximum atomic E-state index is 6.03. The van der Waals surface area contributed by atoms with Crippen LogP contribution in [-0.4, -0.2) is 31.8 Å². The number of rotatable bonds is 3. The Bertz CT molecular complexity index is 394. The lowest BCUT2D eigenvalue weighted by atomic mass is 9.89. The molecule has 0 spiro atoms. The fourth-order valence-electron chi connectivity index (χ4n) is 2.80. The predicted octanol–water partition coefficient (Wildman–Crippen LogP) is 1.94.